The largest absolute Gasteiger partial charge is 0.508 e. The minimum absolute atomic E-state index is 0.189. The van der Waals surface area contributed by atoms with Crippen LogP contribution in [0.3, 0.4) is 0 Å². The van der Waals surface area contributed by atoms with Crippen LogP contribution in [-0.4, -0.2) is 53.3 Å². The van der Waals surface area contributed by atoms with Gasteiger partial charge in [-0.3, -0.25) is 9.11 Å². The normalized spacial score (nSPS) is 10.9. The van der Waals surface area contributed by atoms with Crippen LogP contribution in [-0.2, 0) is 10.4 Å². The quantitative estimate of drug-likeness (QED) is 0.276. The predicted molar refractivity (Wildman–Crippen MR) is 126 cm³/mol. The van der Waals surface area contributed by atoms with Gasteiger partial charge in [0.05, 0.1) is 37.8 Å². The summed E-state index contributed by atoms with van der Waals surface area (Å²) in [7, 11) is -4.67. The van der Waals surface area contributed by atoms with E-state index in [1.165, 1.54) is 94.2 Å². The Balaban J connectivity index is 0. The Hall–Kier alpha value is -1.66. The molecule has 0 bridgehead atoms. The van der Waals surface area contributed by atoms with Crippen molar-refractivity contribution in [2.24, 2.45) is 0 Å². The molecule has 31 heavy (non-hydrogen) atoms. The van der Waals surface area contributed by atoms with E-state index in [1.807, 2.05) is 6.07 Å². The molecule has 0 radical (unpaired) electrons. The molecule has 0 unspecified atom stereocenters. The second-order valence-electron chi connectivity index (χ2n) is 7.76. The topological polar surface area (TPSA) is 119 Å². The molecule has 0 aliphatic rings. The maximum atomic E-state index is 8.74. The van der Waals surface area contributed by atoms with E-state index >= 15 is 0 Å². The van der Waals surface area contributed by atoms with Crippen molar-refractivity contribution in [3.63, 3.8) is 0 Å². The van der Waals surface area contributed by atoms with Crippen molar-refractivity contribution in [1.29, 1.82) is 5.26 Å². The van der Waals surface area contributed by atoms with Crippen molar-refractivity contribution in [3.05, 3.63) is 29.8 Å². The van der Waals surface area contributed by atoms with Gasteiger partial charge < -0.3 is 9.59 Å². The van der Waals surface area contributed by atoms with Crippen molar-refractivity contribution in [2.75, 3.05) is 26.2 Å². The van der Waals surface area contributed by atoms with Gasteiger partial charge in [0.25, 0.3) is 0 Å². The molecule has 0 aromatic heterocycles. The van der Waals surface area contributed by atoms with E-state index in [9.17, 15) is 0 Å². The number of phenolic OH excluding ortho intramolecular Hbond substituents is 1. The summed E-state index contributed by atoms with van der Waals surface area (Å²) in [6, 6.07) is 8.04. The molecular weight excluding hydrogens is 416 g/mol. The van der Waals surface area contributed by atoms with Gasteiger partial charge in [0.1, 0.15) is 5.75 Å². The van der Waals surface area contributed by atoms with Crippen LogP contribution in [0, 0.1) is 11.3 Å². The van der Waals surface area contributed by atoms with Gasteiger partial charge in [-0.1, -0.05) is 53.4 Å². The summed E-state index contributed by atoms with van der Waals surface area (Å²) in [4.78, 5) is 0. The van der Waals surface area contributed by atoms with Crippen LogP contribution in [0.5, 0.6) is 5.75 Å². The lowest BCUT2D eigenvalue weighted by molar-refractivity contribution is -0.929. The first-order valence-corrected chi connectivity index (χ1v) is 12.7. The summed E-state index contributed by atoms with van der Waals surface area (Å²) in [5, 5.41) is 17.0. The molecule has 0 atom stereocenters. The van der Waals surface area contributed by atoms with Gasteiger partial charge in [0.2, 0.25) is 0 Å². The van der Waals surface area contributed by atoms with Gasteiger partial charge in [-0.2, -0.15) is 13.7 Å². The van der Waals surface area contributed by atoms with Gasteiger partial charge in [-0.25, -0.2) is 0 Å². The van der Waals surface area contributed by atoms with E-state index in [-0.39, 0.29) is 5.75 Å². The number of benzene rings is 1. The van der Waals surface area contributed by atoms with Gasteiger partial charge in [0.15, 0.2) is 0 Å². The molecule has 8 heteroatoms. The van der Waals surface area contributed by atoms with Crippen LogP contribution in [0.25, 0.3) is 0 Å². The Morgan fingerprint density at radius 2 is 1.06 bits per heavy atom. The number of hydrogen-bond acceptors (Lipinski definition) is 4. The Morgan fingerprint density at radius 1 is 0.774 bits per heavy atom. The SMILES string of the molecule is CCCC[N+](CCCC)(CCCC)CCCC.N#Cc1ccc(O)cc1.O=S(=O)(O)O. The maximum absolute atomic E-state index is 8.74. The zero-order valence-electron chi connectivity index (χ0n) is 19.8. The number of nitriles is 1. The monoisotopic (exact) mass is 459 g/mol. The van der Waals surface area contributed by atoms with Gasteiger partial charge >= 0.3 is 10.4 Å². The van der Waals surface area contributed by atoms with E-state index in [0.717, 1.165) is 0 Å². The summed E-state index contributed by atoms with van der Waals surface area (Å²) in [5.74, 6) is 0.189. The first kappa shape index (κ1) is 31.5. The zero-order chi connectivity index (χ0) is 24.2. The van der Waals surface area contributed by atoms with Crippen molar-refractivity contribution in [3.8, 4) is 11.8 Å². The number of quaternary nitrogens is 1. The van der Waals surface area contributed by atoms with Gasteiger partial charge in [-0.15, -0.1) is 0 Å². The van der Waals surface area contributed by atoms with Crippen LogP contribution < -0.4 is 0 Å². The third kappa shape index (κ3) is 21.4. The molecule has 1 rings (SSSR count). The minimum atomic E-state index is -4.67. The highest BCUT2D eigenvalue weighted by atomic mass is 32.3. The van der Waals surface area contributed by atoms with Crippen LogP contribution in [0.1, 0.15) is 84.6 Å². The fourth-order valence-electron chi connectivity index (χ4n) is 3.18. The van der Waals surface area contributed by atoms with Gasteiger partial charge in [0, 0.05) is 0 Å². The highest BCUT2D eigenvalue weighted by Gasteiger charge is 2.24. The van der Waals surface area contributed by atoms with Gasteiger partial charge in [-0.05, 0) is 49.9 Å². The summed E-state index contributed by atoms with van der Waals surface area (Å²) >= 11 is 0. The Bertz CT molecular complexity index is 639. The van der Waals surface area contributed by atoms with Crippen molar-refractivity contribution < 1.29 is 27.1 Å². The lowest BCUT2D eigenvalue weighted by Crippen LogP contribution is -2.50. The predicted octanol–water partition coefficient (Wildman–Crippen LogP) is 5.61. The fourth-order valence-corrected chi connectivity index (χ4v) is 3.18. The molecule has 0 spiro atoms. The molecule has 1 aromatic carbocycles. The number of aromatic hydroxyl groups is 1. The molecule has 0 saturated heterocycles. The zero-order valence-corrected chi connectivity index (χ0v) is 20.6. The standard InChI is InChI=1S/C16H36N.C7H5NO.H2O4S/c1-5-9-13-17(14-10-6-2,15-11-7-3)16-12-8-4;8-5-6-1-3-7(9)4-2-6;1-5(2,3)4/h5-16H2,1-4H3;1-4,9H;(H2,1,2,3,4)/q+1;;. The number of nitrogens with zero attached hydrogens (tertiary/aromatic N) is 2. The smallest absolute Gasteiger partial charge is 0.394 e. The van der Waals surface area contributed by atoms with E-state index in [4.69, 9.17) is 27.9 Å². The molecule has 0 fully saturated rings. The first-order valence-electron chi connectivity index (χ1n) is 11.3. The third-order valence-electron chi connectivity index (χ3n) is 4.94. The molecule has 0 saturated carbocycles. The minimum Gasteiger partial charge on any atom is -0.508 e. The number of hydrogen-bond donors (Lipinski definition) is 3. The summed E-state index contributed by atoms with van der Waals surface area (Å²) in [5.41, 5.74) is 0.563. The second kappa shape index (κ2) is 19.1. The first-order chi connectivity index (χ1) is 14.6. The molecule has 1 aromatic rings. The summed E-state index contributed by atoms with van der Waals surface area (Å²) < 4.78 is 33.0. The van der Waals surface area contributed by atoms with E-state index in [0.29, 0.717) is 5.56 Å². The number of rotatable bonds is 12. The van der Waals surface area contributed by atoms with Crippen LogP contribution in [0.2, 0.25) is 0 Å². The fraction of sp³-hybridized carbons (Fsp3) is 0.696. The van der Waals surface area contributed by atoms with Crippen LogP contribution in [0.15, 0.2) is 24.3 Å². The molecule has 0 heterocycles. The number of phenols is 1. The van der Waals surface area contributed by atoms with Crippen LogP contribution in [0.4, 0.5) is 0 Å². The van der Waals surface area contributed by atoms with Crippen molar-refractivity contribution >= 4 is 10.4 Å². The number of unbranched alkanes of at least 4 members (excludes halogenated alkanes) is 4. The van der Waals surface area contributed by atoms with E-state index in [2.05, 4.69) is 27.7 Å². The van der Waals surface area contributed by atoms with Crippen molar-refractivity contribution in [1.82, 2.24) is 0 Å². The van der Waals surface area contributed by atoms with E-state index in [1.54, 1.807) is 12.1 Å². The maximum Gasteiger partial charge on any atom is 0.394 e. The average Bonchev–Trinajstić information content (AvgIpc) is 2.72. The average molecular weight is 460 g/mol. The highest BCUT2D eigenvalue weighted by molar-refractivity contribution is 7.79. The Kier molecular flexibility index (Phi) is 19.4. The molecule has 0 aliphatic heterocycles. The molecule has 3 N–H and O–H groups in total. The molecule has 0 aliphatic carbocycles. The highest BCUT2D eigenvalue weighted by Crippen LogP contribution is 2.16. The lowest BCUT2D eigenvalue weighted by atomic mass is 10.1. The Morgan fingerprint density at radius 3 is 1.29 bits per heavy atom. The Labute approximate surface area is 189 Å². The van der Waals surface area contributed by atoms with Crippen LogP contribution >= 0.6 is 0 Å². The van der Waals surface area contributed by atoms with Crippen molar-refractivity contribution in [2.45, 2.75) is 79.1 Å². The molecule has 7 nitrogen and oxygen atoms in total. The third-order valence-corrected chi connectivity index (χ3v) is 4.94. The molecule has 180 valence electrons. The summed E-state index contributed by atoms with van der Waals surface area (Å²) in [6.45, 7) is 15.0. The molecule has 0 amide bonds. The molecular formula is C23H43N2O5S+. The lowest BCUT2D eigenvalue weighted by Gasteiger charge is -2.39. The van der Waals surface area contributed by atoms with E-state index < -0.39 is 10.4 Å². The second-order valence-corrected chi connectivity index (χ2v) is 8.65. The summed E-state index contributed by atoms with van der Waals surface area (Å²) in [6.07, 6.45) is 11.1.